The number of aromatic amines is 1. The number of nitrogens with zero attached hydrogens (tertiary/aromatic N) is 6. The molecule has 1 saturated carbocycles. The van der Waals surface area contributed by atoms with Crippen LogP contribution >= 0.6 is 0 Å². The van der Waals surface area contributed by atoms with Crippen molar-refractivity contribution in [3.63, 3.8) is 0 Å². The minimum absolute atomic E-state index is 0.0234. The van der Waals surface area contributed by atoms with Gasteiger partial charge in [0.15, 0.2) is 5.82 Å². The molecular weight excluding hydrogens is 392 g/mol. The monoisotopic (exact) mass is 414 g/mol. The number of benzene rings is 1. The third kappa shape index (κ3) is 3.68. The first-order chi connectivity index (χ1) is 15.2. The Hall–Kier alpha value is -3.93. The minimum atomic E-state index is -0.194. The summed E-state index contributed by atoms with van der Waals surface area (Å²) < 4.78 is 3.63. The summed E-state index contributed by atoms with van der Waals surface area (Å²) >= 11 is 0. The number of nitrogens with one attached hydrogen (secondary N) is 2. The minimum Gasteiger partial charge on any atom is -0.338 e. The second-order valence-corrected chi connectivity index (χ2v) is 7.83. The summed E-state index contributed by atoms with van der Waals surface area (Å²) in [5.74, 6) is 0.504. The molecule has 0 spiro atoms. The summed E-state index contributed by atoms with van der Waals surface area (Å²) in [5.41, 5.74) is 2.44. The van der Waals surface area contributed by atoms with Crippen molar-refractivity contribution in [2.24, 2.45) is 0 Å². The van der Waals surface area contributed by atoms with Gasteiger partial charge in [-0.25, -0.2) is 16.2 Å². The molecule has 1 fully saturated rings. The molecule has 3 aromatic heterocycles. The van der Waals surface area contributed by atoms with Gasteiger partial charge in [-0.15, -0.1) is 0 Å². The maximum absolute atomic E-state index is 12.7. The second-order valence-electron chi connectivity index (χ2n) is 7.83. The molecule has 31 heavy (non-hydrogen) atoms. The van der Waals surface area contributed by atoms with Crippen molar-refractivity contribution in [3.8, 4) is 0 Å². The van der Waals surface area contributed by atoms with E-state index in [1.165, 1.54) is 6.33 Å². The molecule has 0 saturated heterocycles. The highest BCUT2D eigenvalue weighted by Crippen LogP contribution is 2.34. The number of pyridine rings is 1. The van der Waals surface area contributed by atoms with Crippen LogP contribution in [0.25, 0.3) is 15.7 Å². The zero-order chi connectivity index (χ0) is 21.2. The average Bonchev–Trinajstić information content (AvgIpc) is 3.43. The summed E-state index contributed by atoms with van der Waals surface area (Å²) in [6, 6.07) is 9.64. The number of H-pyrrole nitrogens is 1. The molecule has 0 aliphatic heterocycles. The lowest BCUT2D eigenvalue weighted by molar-refractivity contribution is 0.321. The van der Waals surface area contributed by atoms with Gasteiger partial charge in [0, 0.05) is 18.3 Å². The highest BCUT2D eigenvalue weighted by Gasteiger charge is 2.33. The Morgan fingerprint density at radius 2 is 2.16 bits per heavy atom. The van der Waals surface area contributed by atoms with Crippen LogP contribution in [0.5, 0.6) is 0 Å². The number of hydrogen-bond acceptors (Lipinski definition) is 5. The van der Waals surface area contributed by atoms with E-state index in [0.29, 0.717) is 17.7 Å². The van der Waals surface area contributed by atoms with Gasteiger partial charge < -0.3 is 15.1 Å². The molecule has 5 rings (SSSR count). The Morgan fingerprint density at radius 3 is 3.00 bits per heavy atom. The van der Waals surface area contributed by atoms with E-state index in [0.717, 1.165) is 42.5 Å². The van der Waals surface area contributed by atoms with Crippen molar-refractivity contribution in [2.45, 2.75) is 44.3 Å². The van der Waals surface area contributed by atoms with Crippen molar-refractivity contribution in [1.82, 2.24) is 29.5 Å². The molecule has 1 aliphatic carbocycles. The van der Waals surface area contributed by atoms with E-state index in [4.69, 9.17) is 11.7 Å². The zero-order valence-electron chi connectivity index (χ0n) is 16.9. The summed E-state index contributed by atoms with van der Waals surface area (Å²) in [4.78, 5) is 23.3. The predicted octanol–water partition coefficient (Wildman–Crippen LogP) is 3.51. The summed E-state index contributed by atoms with van der Waals surface area (Å²) in [7, 11) is 0. The van der Waals surface area contributed by atoms with Crippen molar-refractivity contribution in [3.05, 3.63) is 76.5 Å². The van der Waals surface area contributed by atoms with E-state index in [2.05, 4.69) is 25.2 Å². The topological polar surface area (TPSA) is 97.8 Å². The normalized spacial score (nSPS) is 18.7. The third-order valence-electron chi connectivity index (χ3n) is 5.80. The molecule has 1 aromatic carbocycles. The fourth-order valence-electron chi connectivity index (χ4n) is 4.35. The van der Waals surface area contributed by atoms with Crippen LogP contribution in [0.2, 0.25) is 0 Å². The molecule has 9 heteroatoms. The summed E-state index contributed by atoms with van der Waals surface area (Å²) in [6.07, 6.45) is 8.71. The van der Waals surface area contributed by atoms with Gasteiger partial charge in [-0.3, -0.25) is 9.48 Å². The van der Waals surface area contributed by atoms with E-state index in [1.54, 1.807) is 17.2 Å². The quantitative estimate of drug-likeness (QED) is 0.487. The molecule has 0 bridgehead atoms. The van der Waals surface area contributed by atoms with Gasteiger partial charge >= 0.3 is 0 Å². The Kier molecular flexibility index (Phi) is 4.96. The fraction of sp³-hybridized carbons (Fsp3) is 0.318. The molecule has 1 aliphatic rings. The van der Waals surface area contributed by atoms with Gasteiger partial charge in [0.1, 0.15) is 24.1 Å². The van der Waals surface area contributed by atoms with E-state index in [-0.39, 0.29) is 17.6 Å². The molecule has 0 radical (unpaired) electrons. The van der Waals surface area contributed by atoms with E-state index in [9.17, 15) is 4.79 Å². The molecule has 9 nitrogen and oxygen atoms in total. The van der Waals surface area contributed by atoms with Crippen molar-refractivity contribution in [2.75, 3.05) is 5.32 Å². The van der Waals surface area contributed by atoms with Gasteiger partial charge in [-0.2, -0.15) is 10.2 Å². The van der Waals surface area contributed by atoms with Crippen LogP contribution < -0.4 is 10.9 Å². The van der Waals surface area contributed by atoms with Gasteiger partial charge in [0.25, 0.3) is 5.56 Å². The van der Waals surface area contributed by atoms with Crippen molar-refractivity contribution in [1.29, 1.82) is 0 Å². The van der Waals surface area contributed by atoms with Gasteiger partial charge in [-0.1, -0.05) is 18.6 Å². The molecule has 156 valence electrons. The van der Waals surface area contributed by atoms with Crippen LogP contribution in [0.4, 0.5) is 11.5 Å². The molecule has 2 N–H and O–H groups in total. The van der Waals surface area contributed by atoms with Crippen LogP contribution in [0, 0.1) is 6.57 Å². The van der Waals surface area contributed by atoms with Crippen LogP contribution in [0.15, 0.2) is 54.0 Å². The van der Waals surface area contributed by atoms with E-state index >= 15 is 0 Å². The average molecular weight is 414 g/mol. The lowest BCUT2D eigenvalue weighted by Crippen LogP contribution is -2.26. The predicted molar refractivity (Wildman–Crippen MR) is 117 cm³/mol. The fourth-order valence-corrected chi connectivity index (χ4v) is 4.35. The first kappa shape index (κ1) is 19.1. The molecule has 3 heterocycles. The zero-order valence-corrected chi connectivity index (χ0v) is 16.9. The Balaban J connectivity index is 1.52. The highest BCUT2D eigenvalue weighted by atomic mass is 16.1. The van der Waals surface area contributed by atoms with Gasteiger partial charge in [0.2, 0.25) is 6.04 Å². The molecular formula is C22H22N8O. The molecule has 0 amide bonds. The van der Waals surface area contributed by atoms with E-state index in [1.807, 2.05) is 35.0 Å². The number of aromatic nitrogens is 6. The smallest absolute Gasteiger partial charge is 0.261 e. The van der Waals surface area contributed by atoms with Gasteiger partial charge in [-0.05, 0) is 36.6 Å². The number of rotatable bonds is 5. The van der Waals surface area contributed by atoms with Gasteiger partial charge in [0.05, 0.1) is 12.1 Å². The summed E-state index contributed by atoms with van der Waals surface area (Å²) in [5, 5.41) is 12.8. The largest absolute Gasteiger partial charge is 0.338 e. The summed E-state index contributed by atoms with van der Waals surface area (Å²) in [6.45, 7) is 8.20. The lowest BCUT2D eigenvalue weighted by Gasteiger charge is -2.24. The number of hydrogen-bond donors (Lipinski definition) is 2. The van der Waals surface area contributed by atoms with Crippen molar-refractivity contribution < 1.29 is 0 Å². The second kappa shape index (κ2) is 8.07. The Morgan fingerprint density at radius 1 is 1.26 bits per heavy atom. The standard InChI is InChI=1S/C22H22N8O/c1-23-17-7-2-3-8-18(17)30-19-9-10-25-22(31)20(19)21(28-30)27-16-6-4-5-15(11-16)12-29-14-24-13-26-29/h4-6,9-11,13-14,17-18H,2-3,7-8,12H2,(H,25,31)(H,27,28)/t17-,18-/m0/s1. The Labute approximate surface area is 178 Å². The number of anilines is 2. The first-order valence-electron chi connectivity index (χ1n) is 10.4. The van der Waals surface area contributed by atoms with Crippen LogP contribution in [0.1, 0.15) is 37.3 Å². The number of fused-ring (bicyclic) bond motifs is 1. The lowest BCUT2D eigenvalue weighted by atomic mass is 9.91. The highest BCUT2D eigenvalue weighted by molar-refractivity contribution is 5.91. The van der Waals surface area contributed by atoms with Crippen LogP contribution in [-0.4, -0.2) is 35.6 Å². The third-order valence-corrected chi connectivity index (χ3v) is 5.80. The Bertz CT molecular complexity index is 1300. The van der Waals surface area contributed by atoms with Crippen molar-refractivity contribution >= 4 is 22.4 Å². The first-order valence-corrected chi connectivity index (χ1v) is 10.4. The molecule has 0 unspecified atom stereocenters. The molecule has 4 aromatic rings. The van der Waals surface area contributed by atoms with Crippen LogP contribution in [-0.2, 0) is 6.54 Å². The SMILES string of the molecule is [C-]#[N+][C@H]1CCCC[C@@H]1n1nc(Nc2cccc(Cn3cncn3)c2)c2c(=O)[nH]ccc21. The van der Waals surface area contributed by atoms with E-state index < -0.39 is 0 Å². The maximum Gasteiger partial charge on any atom is 0.261 e. The maximum atomic E-state index is 12.7. The molecule has 2 atom stereocenters. The van der Waals surface area contributed by atoms with Crippen LogP contribution in [0.3, 0.4) is 0 Å².